The molecule has 0 aromatic heterocycles. The second kappa shape index (κ2) is 4.77. The molecule has 10 heteroatoms. The molecule has 10 heavy (non-hydrogen) atoms. The zero-order valence-electron chi connectivity index (χ0n) is 5.60. The van der Waals surface area contributed by atoms with E-state index in [4.69, 9.17) is 0 Å². The zero-order chi connectivity index (χ0) is 6.41. The Labute approximate surface area is 98.2 Å². The standard InChI is InChI=1S/6BrH.Ir.3H3N/h6*1H;;3*1H3/q;;;;;;+4;;;/p-3. The summed E-state index contributed by atoms with van der Waals surface area (Å²) in [5, 5.41) is 0. The van der Waals surface area contributed by atoms with Gasteiger partial charge in [-0.05, 0) is 0 Å². The van der Waals surface area contributed by atoms with Gasteiger partial charge in [-0.3, -0.25) is 0 Å². The summed E-state index contributed by atoms with van der Waals surface area (Å²) in [6.45, 7) is 0. The normalized spacial score (nSPS) is 16.2. The molecule has 0 radical (unpaired) electrons. The summed E-state index contributed by atoms with van der Waals surface area (Å²) in [5.74, 6) is 0. The molecule has 0 saturated heterocycles. The van der Waals surface area contributed by atoms with Crippen molar-refractivity contribution in [3.8, 4) is 0 Å². The number of hydrogen-bond acceptors (Lipinski definition) is 0. The predicted molar refractivity (Wildman–Crippen MR) is 71.5 cm³/mol. The van der Waals surface area contributed by atoms with E-state index in [-0.39, 0.29) is 18.5 Å². The monoisotopic (exact) mass is 721 g/mol. The summed E-state index contributed by atoms with van der Waals surface area (Å²) in [6.07, 6.45) is 0. The van der Waals surface area contributed by atoms with Gasteiger partial charge in [-0.1, -0.05) is 0 Å². The van der Waals surface area contributed by atoms with Gasteiger partial charge in [0.25, 0.3) is 0 Å². The minimum atomic E-state index is -3.29. The third-order valence-corrected chi connectivity index (χ3v) is 0. The Bertz CT molecular complexity index is 71.6. The molecule has 0 aliphatic heterocycles. The molecule has 0 rings (SSSR count). The average molecular weight is 726 g/mol. The Morgan fingerprint density at radius 2 is 0.500 bits per heavy atom. The van der Waals surface area contributed by atoms with Crippen LogP contribution in [0.3, 0.4) is 0 Å². The maximum absolute atomic E-state index is 3.35. The third kappa shape index (κ3) is 106. The molecule has 0 saturated carbocycles. The Balaban J connectivity index is -0.0000000600. The zero-order valence-corrected chi connectivity index (χ0v) is 17.5. The molecule has 3 nitrogen and oxygen atoms in total. The van der Waals surface area contributed by atoms with Crippen molar-refractivity contribution in [2.24, 2.45) is 0 Å². The first-order valence-electron chi connectivity index (χ1n) is 0.756. The van der Waals surface area contributed by atoms with Crippen LogP contribution in [0, 0.1) is 0 Å². The molecule has 0 aromatic carbocycles. The maximum Gasteiger partial charge on any atom is -0.369 e. The molecule has 0 spiro atoms. The summed E-state index contributed by atoms with van der Waals surface area (Å²) in [5.41, 5.74) is 0. The van der Waals surface area contributed by atoms with Crippen LogP contribution in [0.4, 0.5) is 0 Å². The van der Waals surface area contributed by atoms with Gasteiger partial charge >= 0.3 is 81.8 Å². The largest absolute Gasteiger partial charge is 0.369 e. The van der Waals surface area contributed by atoms with Crippen LogP contribution in [0.15, 0.2) is 0 Å². The van der Waals surface area contributed by atoms with Gasteiger partial charge in [0.05, 0.1) is 0 Å². The SMILES string of the molecule is [Br][Ir-2]([Br])([Br])([Br])([Br])[Br].[NH4+].[NH4+].[NH4+]. The number of rotatable bonds is 0. The second-order valence-electron chi connectivity index (χ2n) is 0.714. The Hall–Kier alpha value is 3.41. The van der Waals surface area contributed by atoms with Gasteiger partial charge in [0, 0.05) is 0 Å². The van der Waals surface area contributed by atoms with Crippen LogP contribution in [0.1, 0.15) is 0 Å². The fourth-order valence-corrected chi connectivity index (χ4v) is 0. The van der Waals surface area contributed by atoms with E-state index in [1.54, 1.807) is 0 Å². The minimum Gasteiger partial charge on any atom is -0.369 e. The molecule has 0 aromatic rings. The molecule has 0 amide bonds. The molecular weight excluding hydrogens is 714 g/mol. The Morgan fingerprint density at radius 1 is 0.500 bits per heavy atom. The second-order valence-corrected chi connectivity index (χ2v) is 158. The van der Waals surface area contributed by atoms with E-state index in [9.17, 15) is 0 Å². The molecule has 12 N–H and O–H groups in total. The topological polar surface area (TPSA) is 110 Å². The van der Waals surface area contributed by atoms with Crippen molar-refractivity contribution < 1.29 is 0.881 Å². The maximum atomic E-state index is 3.35. The van der Waals surface area contributed by atoms with Gasteiger partial charge < -0.3 is 18.5 Å². The van der Waals surface area contributed by atoms with Crippen LogP contribution in [-0.2, 0) is 0.881 Å². The minimum absolute atomic E-state index is 0. The van der Waals surface area contributed by atoms with Gasteiger partial charge in [-0.15, -0.1) is 0 Å². The van der Waals surface area contributed by atoms with Crippen LogP contribution in [0.2, 0.25) is 0 Å². The molecule has 77 valence electrons. The van der Waals surface area contributed by atoms with Gasteiger partial charge in [-0.2, -0.15) is 0 Å². The molecule has 0 fully saturated rings. The van der Waals surface area contributed by atoms with Gasteiger partial charge in [-0.25, -0.2) is 0 Å². The van der Waals surface area contributed by atoms with E-state index >= 15 is 0 Å². The number of quaternary nitrogens is 3. The molecule has 0 aliphatic carbocycles. The van der Waals surface area contributed by atoms with E-state index in [0.29, 0.717) is 0 Å². The number of hydrogen-bond donors (Lipinski definition) is 3. The van der Waals surface area contributed by atoms with Crippen LogP contribution in [0.5, 0.6) is 0 Å². The van der Waals surface area contributed by atoms with Crippen LogP contribution in [-0.4, -0.2) is 0 Å². The van der Waals surface area contributed by atoms with Crippen molar-refractivity contribution in [2.45, 2.75) is 0 Å². The van der Waals surface area contributed by atoms with Crippen molar-refractivity contribution in [3.05, 3.63) is 0 Å². The molecule has 0 heterocycles. The van der Waals surface area contributed by atoms with Crippen LogP contribution in [0.25, 0.3) is 0 Å². The van der Waals surface area contributed by atoms with Crippen molar-refractivity contribution in [2.75, 3.05) is 0 Å². The molecule has 0 aliphatic rings. The smallest absolute Gasteiger partial charge is 0.369 e. The Kier molecular flexibility index (Phi) is 11.1. The summed E-state index contributed by atoms with van der Waals surface area (Å²) in [6, 6.07) is 0. The summed E-state index contributed by atoms with van der Waals surface area (Å²) >= 11 is 20.1. The van der Waals surface area contributed by atoms with Crippen molar-refractivity contribution in [1.29, 1.82) is 0 Å². The quantitative estimate of drug-likeness (QED) is 0.265. The predicted octanol–water partition coefficient (Wildman–Crippen LogP) is 6.20. The fraction of sp³-hybridized carbons (Fsp3) is 0. The van der Waals surface area contributed by atoms with E-state index in [0.717, 1.165) is 0 Å². The van der Waals surface area contributed by atoms with Crippen LogP contribution >= 0.6 is 81.0 Å². The fourth-order valence-electron chi connectivity index (χ4n) is 0. The van der Waals surface area contributed by atoms with Crippen molar-refractivity contribution in [3.63, 3.8) is 0 Å². The van der Waals surface area contributed by atoms with Crippen LogP contribution < -0.4 is 18.5 Å². The first kappa shape index (κ1) is 23.3. The first-order valence-corrected chi connectivity index (χ1v) is 32.2. The molecule has 0 atom stereocenters. The van der Waals surface area contributed by atoms with Gasteiger partial charge in [0.15, 0.2) is 0 Å². The van der Waals surface area contributed by atoms with E-state index in [1.165, 1.54) is 0 Å². The number of halogens is 6. The van der Waals surface area contributed by atoms with Gasteiger partial charge in [0.1, 0.15) is 0 Å². The van der Waals surface area contributed by atoms with E-state index in [2.05, 4.69) is 81.0 Å². The third-order valence-electron chi connectivity index (χ3n) is 0. The van der Waals surface area contributed by atoms with Crippen molar-refractivity contribution >= 4 is 81.0 Å². The molecule has 0 unspecified atom stereocenters. The molecule has 0 bridgehead atoms. The average Bonchev–Trinajstić information content (AvgIpc) is 0.592. The Morgan fingerprint density at radius 3 is 0.500 bits per heavy atom. The summed E-state index contributed by atoms with van der Waals surface area (Å²) < 4.78 is -3.29. The van der Waals surface area contributed by atoms with Gasteiger partial charge in [0.2, 0.25) is 0 Å². The van der Waals surface area contributed by atoms with E-state index < -0.39 is 0.881 Å². The first-order chi connectivity index (χ1) is 2.45. The molecular formula is H12Br6IrN3+. The van der Waals surface area contributed by atoms with E-state index in [1.807, 2.05) is 0 Å². The van der Waals surface area contributed by atoms with Crippen molar-refractivity contribution in [1.82, 2.24) is 18.5 Å². The summed E-state index contributed by atoms with van der Waals surface area (Å²) in [7, 11) is 0. The summed E-state index contributed by atoms with van der Waals surface area (Å²) in [4.78, 5) is 0.